The van der Waals surface area contributed by atoms with Gasteiger partial charge in [0.2, 0.25) is 0 Å². The Kier molecular flexibility index (Phi) is 3.48. The maximum atomic E-state index is 11.0. The van der Waals surface area contributed by atoms with Gasteiger partial charge in [0.05, 0.1) is 13.2 Å². The van der Waals surface area contributed by atoms with Crippen molar-refractivity contribution in [2.45, 2.75) is 12.6 Å². The van der Waals surface area contributed by atoms with Crippen molar-refractivity contribution in [2.75, 3.05) is 19.8 Å². The maximum absolute atomic E-state index is 11.0. The van der Waals surface area contributed by atoms with Gasteiger partial charge in [-0.3, -0.25) is 14.7 Å². The van der Waals surface area contributed by atoms with Crippen LogP contribution in [0.2, 0.25) is 0 Å². The molecule has 0 spiro atoms. The number of rotatable bonds is 3. The minimum Gasteiger partial charge on any atom is -0.480 e. The molecular weight excluding hydrogens is 208 g/mol. The van der Waals surface area contributed by atoms with Crippen molar-refractivity contribution in [3.63, 3.8) is 0 Å². The van der Waals surface area contributed by atoms with Crippen LogP contribution in [-0.2, 0) is 16.1 Å². The number of nitrogens with zero attached hydrogens (tertiary/aromatic N) is 2. The minimum absolute atomic E-state index is 0.260. The van der Waals surface area contributed by atoms with Gasteiger partial charge in [0.25, 0.3) is 0 Å². The van der Waals surface area contributed by atoms with Crippen molar-refractivity contribution in [3.05, 3.63) is 30.1 Å². The van der Waals surface area contributed by atoms with Crippen LogP contribution < -0.4 is 0 Å². The van der Waals surface area contributed by atoms with Gasteiger partial charge in [0.1, 0.15) is 6.04 Å². The van der Waals surface area contributed by atoms with E-state index >= 15 is 0 Å². The smallest absolute Gasteiger partial charge is 0.323 e. The topological polar surface area (TPSA) is 62.7 Å². The monoisotopic (exact) mass is 222 g/mol. The Morgan fingerprint density at radius 2 is 2.56 bits per heavy atom. The molecule has 2 heterocycles. The zero-order valence-electron chi connectivity index (χ0n) is 8.87. The zero-order chi connectivity index (χ0) is 11.4. The Balaban J connectivity index is 2.04. The number of aliphatic carboxylic acids is 1. The molecule has 2 rings (SSSR count). The third-order valence-electron chi connectivity index (χ3n) is 2.63. The van der Waals surface area contributed by atoms with Gasteiger partial charge in [-0.15, -0.1) is 0 Å². The summed E-state index contributed by atoms with van der Waals surface area (Å²) in [5.74, 6) is -0.830. The molecule has 1 N–H and O–H groups in total. The molecule has 16 heavy (non-hydrogen) atoms. The van der Waals surface area contributed by atoms with Crippen molar-refractivity contribution in [2.24, 2.45) is 0 Å². The molecule has 5 heteroatoms. The fourth-order valence-electron chi connectivity index (χ4n) is 1.78. The zero-order valence-corrected chi connectivity index (χ0v) is 8.87. The third kappa shape index (κ3) is 2.56. The standard InChI is InChI=1S/C11H14N2O3/c14-11(15)10-8-16-5-4-13(10)7-9-2-1-3-12-6-9/h1-3,6,10H,4-5,7-8H2,(H,14,15). The lowest BCUT2D eigenvalue weighted by Crippen LogP contribution is -2.49. The molecule has 0 amide bonds. The van der Waals surface area contributed by atoms with Gasteiger partial charge in [-0.2, -0.15) is 0 Å². The van der Waals surface area contributed by atoms with Crippen LogP contribution in [0.4, 0.5) is 0 Å². The first-order chi connectivity index (χ1) is 7.77. The first-order valence-electron chi connectivity index (χ1n) is 5.21. The predicted octanol–water partition coefficient (Wildman–Crippen LogP) is 0.367. The summed E-state index contributed by atoms with van der Waals surface area (Å²) in [5, 5.41) is 9.05. The minimum atomic E-state index is -0.830. The fourth-order valence-corrected chi connectivity index (χ4v) is 1.78. The number of hydrogen-bond donors (Lipinski definition) is 1. The Morgan fingerprint density at radius 1 is 1.69 bits per heavy atom. The summed E-state index contributed by atoms with van der Waals surface area (Å²) in [6, 6.07) is 3.25. The molecule has 0 aliphatic carbocycles. The largest absolute Gasteiger partial charge is 0.480 e. The van der Waals surface area contributed by atoms with E-state index in [9.17, 15) is 4.79 Å². The summed E-state index contributed by atoms with van der Waals surface area (Å²) in [4.78, 5) is 16.9. The summed E-state index contributed by atoms with van der Waals surface area (Å²) >= 11 is 0. The summed E-state index contributed by atoms with van der Waals surface area (Å²) in [5.41, 5.74) is 1.02. The molecule has 1 aromatic rings. The third-order valence-corrected chi connectivity index (χ3v) is 2.63. The van der Waals surface area contributed by atoms with E-state index in [4.69, 9.17) is 9.84 Å². The van der Waals surface area contributed by atoms with Gasteiger partial charge in [-0.05, 0) is 11.6 Å². The first kappa shape index (κ1) is 11.0. The van der Waals surface area contributed by atoms with Gasteiger partial charge in [-0.1, -0.05) is 6.07 Å². The summed E-state index contributed by atoms with van der Waals surface area (Å²) < 4.78 is 5.17. The highest BCUT2D eigenvalue weighted by atomic mass is 16.5. The lowest BCUT2D eigenvalue weighted by Gasteiger charge is -2.32. The normalized spacial score (nSPS) is 21.9. The molecule has 0 bridgehead atoms. The van der Waals surface area contributed by atoms with Crippen molar-refractivity contribution in [1.29, 1.82) is 0 Å². The van der Waals surface area contributed by atoms with Crippen molar-refractivity contribution >= 4 is 5.97 Å². The average Bonchev–Trinajstić information content (AvgIpc) is 2.31. The molecule has 1 fully saturated rings. The van der Waals surface area contributed by atoms with E-state index in [-0.39, 0.29) is 6.61 Å². The molecule has 1 aliphatic rings. The molecule has 1 unspecified atom stereocenters. The van der Waals surface area contributed by atoms with Crippen LogP contribution in [0.5, 0.6) is 0 Å². The van der Waals surface area contributed by atoms with Crippen LogP contribution in [0.3, 0.4) is 0 Å². The fraction of sp³-hybridized carbons (Fsp3) is 0.455. The Hall–Kier alpha value is -1.46. The Morgan fingerprint density at radius 3 is 3.25 bits per heavy atom. The van der Waals surface area contributed by atoms with Crippen LogP contribution in [0.1, 0.15) is 5.56 Å². The molecule has 0 saturated carbocycles. The van der Waals surface area contributed by atoms with Crippen molar-refractivity contribution in [1.82, 2.24) is 9.88 Å². The number of morpholine rings is 1. The number of pyridine rings is 1. The van der Waals surface area contributed by atoms with E-state index in [0.29, 0.717) is 19.7 Å². The van der Waals surface area contributed by atoms with Gasteiger partial charge in [-0.25, -0.2) is 0 Å². The Bertz CT molecular complexity index is 356. The molecule has 1 aliphatic heterocycles. The quantitative estimate of drug-likeness (QED) is 0.800. The van der Waals surface area contributed by atoms with Crippen molar-refractivity contribution in [3.8, 4) is 0 Å². The second-order valence-corrected chi connectivity index (χ2v) is 3.76. The highest BCUT2D eigenvalue weighted by Crippen LogP contribution is 2.11. The molecular formula is C11H14N2O3. The second kappa shape index (κ2) is 5.05. The van der Waals surface area contributed by atoms with Crippen LogP contribution in [-0.4, -0.2) is 46.8 Å². The number of carboxylic acids is 1. The van der Waals surface area contributed by atoms with Crippen molar-refractivity contribution < 1.29 is 14.6 Å². The number of ether oxygens (including phenoxy) is 1. The molecule has 86 valence electrons. The van der Waals surface area contributed by atoms with Crippen LogP contribution in [0.15, 0.2) is 24.5 Å². The van der Waals surface area contributed by atoms with E-state index in [0.717, 1.165) is 5.56 Å². The van der Waals surface area contributed by atoms with Crippen LogP contribution in [0.25, 0.3) is 0 Å². The number of carbonyl (C=O) groups is 1. The SMILES string of the molecule is O=C(O)C1COCCN1Cc1cccnc1. The maximum Gasteiger partial charge on any atom is 0.323 e. The van der Waals surface area contributed by atoms with Gasteiger partial charge >= 0.3 is 5.97 Å². The van der Waals surface area contributed by atoms with E-state index in [1.54, 1.807) is 12.4 Å². The van der Waals surface area contributed by atoms with Gasteiger partial charge in [0.15, 0.2) is 0 Å². The van der Waals surface area contributed by atoms with E-state index < -0.39 is 12.0 Å². The molecule has 1 saturated heterocycles. The summed E-state index contributed by atoms with van der Waals surface area (Å²) in [6.07, 6.45) is 3.46. The molecule has 0 aromatic carbocycles. The Labute approximate surface area is 93.7 Å². The lowest BCUT2D eigenvalue weighted by atomic mass is 10.2. The van der Waals surface area contributed by atoms with Gasteiger partial charge in [0, 0.05) is 25.5 Å². The van der Waals surface area contributed by atoms with Gasteiger partial charge < -0.3 is 9.84 Å². The molecule has 5 nitrogen and oxygen atoms in total. The van der Waals surface area contributed by atoms with E-state index in [1.165, 1.54) is 0 Å². The highest BCUT2D eigenvalue weighted by Gasteiger charge is 2.28. The lowest BCUT2D eigenvalue weighted by molar-refractivity contribution is -0.150. The highest BCUT2D eigenvalue weighted by molar-refractivity contribution is 5.73. The summed E-state index contributed by atoms with van der Waals surface area (Å²) in [6.45, 7) is 2.10. The van der Waals surface area contributed by atoms with E-state index in [2.05, 4.69) is 4.98 Å². The first-order valence-corrected chi connectivity index (χ1v) is 5.21. The number of hydrogen-bond acceptors (Lipinski definition) is 4. The molecule has 1 atom stereocenters. The van der Waals surface area contributed by atoms with E-state index in [1.807, 2.05) is 17.0 Å². The van der Waals surface area contributed by atoms with Crippen LogP contribution >= 0.6 is 0 Å². The average molecular weight is 222 g/mol. The molecule has 1 aromatic heterocycles. The van der Waals surface area contributed by atoms with Crippen LogP contribution in [0, 0.1) is 0 Å². The summed E-state index contributed by atoms with van der Waals surface area (Å²) in [7, 11) is 0. The second-order valence-electron chi connectivity index (χ2n) is 3.76. The number of carboxylic acid groups (broad SMARTS) is 1. The predicted molar refractivity (Wildman–Crippen MR) is 56.9 cm³/mol. The number of aromatic nitrogens is 1. The molecule has 0 radical (unpaired) electrons.